The lowest BCUT2D eigenvalue weighted by molar-refractivity contribution is 0.459. The van der Waals surface area contributed by atoms with Gasteiger partial charge in [-0.3, -0.25) is 4.68 Å². The third kappa shape index (κ3) is 4.23. The standard InChI is InChI=1S/C23H27N7O2S/c1-15-4-6-18(7-5-15)33(31,32)28-17-8-10-30(11-9-17)23-19-12-21(26-22(19)24-14-25-23)20-13-29(3)27-16(20)2/h4-7,12-14,17,28H,8-11H2,1-3H3,(H,24,25,26). The van der Waals surface area contributed by atoms with Gasteiger partial charge in [-0.2, -0.15) is 5.10 Å². The lowest BCUT2D eigenvalue weighted by Crippen LogP contribution is -2.44. The summed E-state index contributed by atoms with van der Waals surface area (Å²) in [5.74, 6) is 0.865. The molecule has 0 amide bonds. The van der Waals surface area contributed by atoms with E-state index in [1.807, 2.05) is 39.2 Å². The van der Waals surface area contributed by atoms with E-state index in [4.69, 9.17) is 0 Å². The van der Waals surface area contributed by atoms with Crippen LogP contribution < -0.4 is 9.62 Å². The predicted octanol–water partition coefficient (Wildman–Crippen LogP) is 2.92. The van der Waals surface area contributed by atoms with Crippen LogP contribution in [0, 0.1) is 13.8 Å². The summed E-state index contributed by atoms with van der Waals surface area (Å²) in [4.78, 5) is 14.9. The number of sulfonamides is 1. The SMILES string of the molecule is Cc1ccc(S(=O)(=O)NC2CCN(c3ncnc4[nH]c(-c5cn(C)nc5C)cc34)CC2)cc1. The summed E-state index contributed by atoms with van der Waals surface area (Å²) in [5.41, 5.74) is 4.74. The van der Waals surface area contributed by atoms with Crippen LogP contribution in [0.25, 0.3) is 22.3 Å². The molecule has 1 aliphatic heterocycles. The van der Waals surface area contributed by atoms with E-state index in [1.54, 1.807) is 23.1 Å². The highest BCUT2D eigenvalue weighted by atomic mass is 32.2. The maximum absolute atomic E-state index is 12.7. The summed E-state index contributed by atoms with van der Waals surface area (Å²) in [6.07, 6.45) is 4.96. The molecule has 1 saturated heterocycles. The van der Waals surface area contributed by atoms with Crippen molar-refractivity contribution in [2.24, 2.45) is 7.05 Å². The van der Waals surface area contributed by atoms with Crippen molar-refractivity contribution in [2.75, 3.05) is 18.0 Å². The Balaban J connectivity index is 1.32. The summed E-state index contributed by atoms with van der Waals surface area (Å²) in [6.45, 7) is 5.34. The minimum Gasteiger partial charge on any atom is -0.356 e. The summed E-state index contributed by atoms with van der Waals surface area (Å²) in [5, 5.41) is 5.38. The van der Waals surface area contributed by atoms with Gasteiger partial charge in [0.25, 0.3) is 0 Å². The number of H-pyrrole nitrogens is 1. The minimum atomic E-state index is -3.53. The van der Waals surface area contributed by atoms with E-state index in [0.29, 0.717) is 30.8 Å². The number of aromatic amines is 1. The van der Waals surface area contributed by atoms with Crippen LogP contribution in [0.1, 0.15) is 24.1 Å². The average molecular weight is 466 g/mol. The first-order valence-corrected chi connectivity index (χ1v) is 12.5. The molecule has 0 bridgehead atoms. The van der Waals surface area contributed by atoms with Gasteiger partial charge in [0.15, 0.2) is 0 Å². The van der Waals surface area contributed by atoms with Crippen molar-refractivity contribution < 1.29 is 8.42 Å². The highest BCUT2D eigenvalue weighted by Crippen LogP contribution is 2.31. The molecule has 0 spiro atoms. The van der Waals surface area contributed by atoms with Crippen molar-refractivity contribution in [3.8, 4) is 11.3 Å². The fourth-order valence-electron chi connectivity index (χ4n) is 4.40. The third-order valence-corrected chi connectivity index (χ3v) is 7.69. The minimum absolute atomic E-state index is 0.107. The molecule has 9 nitrogen and oxygen atoms in total. The van der Waals surface area contributed by atoms with Gasteiger partial charge < -0.3 is 9.88 Å². The molecule has 33 heavy (non-hydrogen) atoms. The molecule has 0 unspecified atom stereocenters. The summed E-state index contributed by atoms with van der Waals surface area (Å²) in [7, 11) is -1.63. The Morgan fingerprint density at radius 2 is 1.82 bits per heavy atom. The van der Waals surface area contributed by atoms with Crippen molar-refractivity contribution in [1.29, 1.82) is 0 Å². The number of hydrogen-bond acceptors (Lipinski definition) is 6. The molecule has 0 aliphatic carbocycles. The van der Waals surface area contributed by atoms with E-state index >= 15 is 0 Å². The first-order chi connectivity index (χ1) is 15.8. The molecule has 1 aliphatic rings. The van der Waals surface area contributed by atoms with E-state index in [1.165, 1.54) is 0 Å². The summed E-state index contributed by atoms with van der Waals surface area (Å²) < 4.78 is 30.2. The number of nitrogens with zero attached hydrogens (tertiary/aromatic N) is 5. The van der Waals surface area contributed by atoms with Gasteiger partial charge in [0.1, 0.15) is 17.8 Å². The maximum Gasteiger partial charge on any atom is 0.240 e. The third-order valence-electron chi connectivity index (χ3n) is 6.16. The Morgan fingerprint density at radius 3 is 2.48 bits per heavy atom. The Morgan fingerprint density at radius 1 is 1.09 bits per heavy atom. The van der Waals surface area contributed by atoms with Gasteiger partial charge in [-0.05, 0) is 44.9 Å². The molecule has 0 atom stereocenters. The van der Waals surface area contributed by atoms with Crippen molar-refractivity contribution in [2.45, 2.75) is 37.6 Å². The van der Waals surface area contributed by atoms with Crippen molar-refractivity contribution in [3.05, 3.63) is 54.1 Å². The normalized spacial score (nSPS) is 15.4. The van der Waals surface area contributed by atoms with Gasteiger partial charge >= 0.3 is 0 Å². The molecule has 0 saturated carbocycles. The molecule has 0 radical (unpaired) electrons. The largest absolute Gasteiger partial charge is 0.356 e. The number of aryl methyl sites for hydroxylation is 3. The summed E-state index contributed by atoms with van der Waals surface area (Å²) in [6, 6.07) is 8.90. The predicted molar refractivity (Wildman–Crippen MR) is 128 cm³/mol. The Hall–Kier alpha value is -3.24. The lowest BCUT2D eigenvalue weighted by atomic mass is 10.1. The van der Waals surface area contributed by atoms with Crippen molar-refractivity contribution in [3.63, 3.8) is 0 Å². The molecule has 4 aromatic rings. The zero-order valence-corrected chi connectivity index (χ0v) is 19.7. The van der Waals surface area contributed by atoms with E-state index in [-0.39, 0.29) is 6.04 Å². The fraction of sp³-hybridized carbons (Fsp3) is 0.348. The van der Waals surface area contributed by atoms with E-state index in [0.717, 1.165) is 39.4 Å². The molecule has 3 aromatic heterocycles. The van der Waals surface area contributed by atoms with Gasteiger partial charge in [-0.25, -0.2) is 23.1 Å². The molecule has 5 rings (SSSR count). The number of fused-ring (bicyclic) bond motifs is 1. The topological polar surface area (TPSA) is 109 Å². The number of anilines is 1. The zero-order chi connectivity index (χ0) is 23.2. The van der Waals surface area contributed by atoms with E-state index in [9.17, 15) is 8.42 Å². The average Bonchev–Trinajstić information content (AvgIpc) is 3.36. The van der Waals surface area contributed by atoms with Crippen LogP contribution in [-0.4, -0.2) is 52.3 Å². The zero-order valence-electron chi connectivity index (χ0n) is 18.9. The monoisotopic (exact) mass is 465 g/mol. The second-order valence-corrected chi connectivity index (χ2v) is 10.4. The Labute approximate surface area is 192 Å². The lowest BCUT2D eigenvalue weighted by Gasteiger charge is -2.33. The smallest absolute Gasteiger partial charge is 0.240 e. The molecule has 4 heterocycles. The molecule has 2 N–H and O–H groups in total. The van der Waals surface area contributed by atoms with Crippen LogP contribution in [0.15, 0.2) is 47.8 Å². The van der Waals surface area contributed by atoms with Gasteiger partial charge in [0, 0.05) is 37.9 Å². The molecular weight excluding hydrogens is 438 g/mol. The highest BCUT2D eigenvalue weighted by Gasteiger charge is 2.26. The van der Waals surface area contributed by atoms with E-state index < -0.39 is 10.0 Å². The number of hydrogen-bond donors (Lipinski definition) is 2. The highest BCUT2D eigenvalue weighted by molar-refractivity contribution is 7.89. The second kappa shape index (κ2) is 8.27. The number of piperidine rings is 1. The first-order valence-electron chi connectivity index (χ1n) is 11.0. The van der Waals surface area contributed by atoms with Crippen LogP contribution in [0.3, 0.4) is 0 Å². The fourth-order valence-corrected chi connectivity index (χ4v) is 5.71. The quantitative estimate of drug-likeness (QED) is 0.469. The second-order valence-electron chi connectivity index (χ2n) is 8.64. The van der Waals surface area contributed by atoms with E-state index in [2.05, 4.69) is 35.7 Å². The molecule has 10 heteroatoms. The number of rotatable bonds is 5. The first kappa shape index (κ1) is 21.6. The maximum atomic E-state index is 12.7. The van der Waals surface area contributed by atoms with Crippen LogP contribution >= 0.6 is 0 Å². The number of nitrogens with one attached hydrogen (secondary N) is 2. The molecular formula is C23H27N7O2S. The molecule has 172 valence electrons. The Bertz CT molecular complexity index is 1400. The van der Waals surface area contributed by atoms with Crippen LogP contribution in [0.2, 0.25) is 0 Å². The molecule has 1 aromatic carbocycles. The van der Waals surface area contributed by atoms with Gasteiger partial charge in [-0.1, -0.05) is 17.7 Å². The van der Waals surface area contributed by atoms with Crippen LogP contribution in [-0.2, 0) is 17.1 Å². The Kier molecular flexibility index (Phi) is 5.41. The van der Waals surface area contributed by atoms with Gasteiger partial charge in [0.05, 0.1) is 21.7 Å². The van der Waals surface area contributed by atoms with Crippen molar-refractivity contribution in [1.82, 2.24) is 29.5 Å². The van der Waals surface area contributed by atoms with Crippen LogP contribution in [0.4, 0.5) is 5.82 Å². The number of benzene rings is 1. The van der Waals surface area contributed by atoms with Gasteiger partial charge in [-0.15, -0.1) is 0 Å². The van der Waals surface area contributed by atoms with Crippen molar-refractivity contribution >= 4 is 26.9 Å². The van der Waals surface area contributed by atoms with Crippen LogP contribution in [0.5, 0.6) is 0 Å². The molecule has 1 fully saturated rings. The summed E-state index contributed by atoms with van der Waals surface area (Å²) >= 11 is 0. The number of aromatic nitrogens is 5. The van der Waals surface area contributed by atoms with Gasteiger partial charge in [0.2, 0.25) is 10.0 Å².